The summed E-state index contributed by atoms with van der Waals surface area (Å²) in [6.07, 6.45) is 4.34. The van der Waals surface area contributed by atoms with E-state index in [2.05, 4.69) is 21.0 Å². The van der Waals surface area contributed by atoms with Crippen molar-refractivity contribution in [2.45, 2.75) is 0 Å². The van der Waals surface area contributed by atoms with Crippen LogP contribution in [-0.2, 0) is 0 Å². The second kappa shape index (κ2) is 2.94. The van der Waals surface area contributed by atoms with Gasteiger partial charge in [-0.2, -0.15) is 0 Å². The van der Waals surface area contributed by atoms with Crippen molar-refractivity contribution in [2.75, 3.05) is 0 Å². The average molecular weight is 249 g/mol. The van der Waals surface area contributed by atoms with Gasteiger partial charge in [-0.25, -0.2) is 0 Å². The number of hydrogen-bond acceptors (Lipinski definition) is 0. The quantitative estimate of drug-likeness (QED) is 0.543. The summed E-state index contributed by atoms with van der Waals surface area (Å²) >= 11 is 0.969. The van der Waals surface area contributed by atoms with E-state index >= 15 is 0 Å². The first-order chi connectivity index (χ1) is 3.00. The molecule has 0 aromatic carbocycles. The average Bonchev–Trinajstić information content (AvgIpc) is 1.72. The molecule has 0 atom stereocenters. The molecule has 1 rings (SSSR count). The predicted molar refractivity (Wildman–Crippen MR) is 29.8 cm³/mol. The summed E-state index contributed by atoms with van der Waals surface area (Å²) in [6, 6.07) is 0. The maximum absolute atomic E-state index is 2.37. The van der Waals surface area contributed by atoms with Gasteiger partial charge in [-0.1, -0.05) is 0 Å². The Hall–Kier alpha value is 0.857. The van der Waals surface area contributed by atoms with Gasteiger partial charge >= 0.3 is 51.3 Å². The molecule has 0 aliphatic carbocycles. The van der Waals surface area contributed by atoms with Gasteiger partial charge < -0.3 is 0 Å². The molecule has 1 aliphatic heterocycles. The second-order valence-corrected chi connectivity index (χ2v) is 10.2. The van der Waals surface area contributed by atoms with Crippen molar-refractivity contribution in [1.82, 2.24) is 0 Å². The molecule has 0 saturated heterocycles. The van der Waals surface area contributed by atoms with E-state index in [4.69, 9.17) is 0 Å². The Kier molecular flexibility index (Phi) is 2.45. The van der Waals surface area contributed by atoms with Crippen molar-refractivity contribution in [2.24, 2.45) is 0 Å². The molecule has 0 spiro atoms. The van der Waals surface area contributed by atoms with Crippen LogP contribution in [-0.4, -0.2) is 30.2 Å². The second-order valence-electron chi connectivity index (χ2n) is 0.914. The molecular weight excluding hydrogens is 245 g/mol. The molecule has 0 unspecified atom stereocenters. The SMILES string of the molecule is C1=C[As]=[Sb][CH]=C1. The predicted octanol–water partition coefficient (Wildman–Crippen LogP) is 0.351. The standard InChI is InChI=1S/C4H4As.Sb/c1-2-3-4-5;/h1-4H;. The van der Waals surface area contributed by atoms with Crippen molar-refractivity contribution in [3.63, 3.8) is 0 Å². The zero-order chi connectivity index (χ0) is 4.24. The molecule has 2 heteroatoms. The van der Waals surface area contributed by atoms with Crippen molar-refractivity contribution in [3.05, 3.63) is 21.0 Å². The molecule has 6 heavy (non-hydrogen) atoms. The van der Waals surface area contributed by atoms with E-state index in [-0.39, 0.29) is 18.5 Å². The fraction of sp³-hybridized carbons (Fsp3) is 0. The van der Waals surface area contributed by atoms with Gasteiger partial charge in [-0.3, -0.25) is 0 Å². The first-order valence-electron chi connectivity index (χ1n) is 1.72. The van der Waals surface area contributed by atoms with Crippen LogP contribution in [0.3, 0.4) is 0 Å². The van der Waals surface area contributed by atoms with E-state index in [0.717, 1.165) is 0 Å². The van der Waals surface area contributed by atoms with Gasteiger partial charge in [0.1, 0.15) is 0 Å². The van der Waals surface area contributed by atoms with Crippen LogP contribution >= 0.6 is 0 Å². The molecule has 1 heterocycles. The molecule has 0 saturated carbocycles. The summed E-state index contributed by atoms with van der Waals surface area (Å²) in [5.41, 5.74) is 0. The van der Waals surface area contributed by atoms with Crippen LogP contribution in [0.2, 0.25) is 0 Å². The Morgan fingerprint density at radius 3 is 2.50 bits per heavy atom. The summed E-state index contributed by atoms with van der Waals surface area (Å²) in [5, 5.41) is 0. The van der Waals surface area contributed by atoms with Gasteiger partial charge in [0.25, 0.3) is 0 Å². The number of allylic oxidation sites excluding steroid dienone is 2. The summed E-state index contributed by atoms with van der Waals surface area (Å²) in [7, 11) is 0. The molecule has 0 nitrogen and oxygen atoms in total. The Bertz CT molecular complexity index is 76.9. The molecule has 0 bridgehead atoms. The van der Waals surface area contributed by atoms with Crippen LogP contribution in [0.4, 0.5) is 0 Å². The maximum atomic E-state index is 2.37. The van der Waals surface area contributed by atoms with E-state index in [1.807, 2.05) is 0 Å². The zero-order valence-electron chi connectivity index (χ0n) is 3.20. The van der Waals surface area contributed by atoms with Crippen LogP contribution in [0, 0.1) is 0 Å². The third-order valence-electron chi connectivity index (χ3n) is 0.483. The minimum atomic E-state index is 0.256. The van der Waals surface area contributed by atoms with Crippen LogP contribution in [0.15, 0.2) is 21.0 Å². The van der Waals surface area contributed by atoms with E-state index < -0.39 is 0 Å². The van der Waals surface area contributed by atoms with Gasteiger partial charge in [0.2, 0.25) is 0 Å². The summed E-state index contributed by atoms with van der Waals surface area (Å²) in [4.78, 5) is 2.34. The summed E-state index contributed by atoms with van der Waals surface area (Å²) in [5.74, 6) is 0. The Morgan fingerprint density at radius 2 is 2.33 bits per heavy atom. The molecule has 0 fully saturated rings. The number of hydrogen-bond donors (Lipinski definition) is 0. The fourth-order valence-electron chi connectivity index (χ4n) is 0.253. The van der Waals surface area contributed by atoms with Crippen molar-refractivity contribution in [3.8, 4) is 0 Å². The van der Waals surface area contributed by atoms with E-state index in [1.54, 1.807) is 0 Å². The Labute approximate surface area is 51.1 Å². The van der Waals surface area contributed by atoms with Crippen molar-refractivity contribution >= 4 is 30.2 Å². The van der Waals surface area contributed by atoms with Crippen molar-refractivity contribution in [1.29, 1.82) is 0 Å². The van der Waals surface area contributed by atoms with Crippen LogP contribution in [0.25, 0.3) is 0 Å². The van der Waals surface area contributed by atoms with E-state index in [9.17, 15) is 0 Å². The monoisotopic (exact) mass is 248 g/mol. The minimum absolute atomic E-state index is 0.256. The molecule has 0 aromatic heterocycles. The van der Waals surface area contributed by atoms with Crippen LogP contribution in [0.1, 0.15) is 0 Å². The van der Waals surface area contributed by atoms with Gasteiger partial charge in [0.05, 0.1) is 0 Å². The van der Waals surface area contributed by atoms with Crippen molar-refractivity contribution < 1.29 is 0 Å². The van der Waals surface area contributed by atoms with Gasteiger partial charge in [-0.15, -0.1) is 0 Å². The normalized spacial score (nSPS) is 18.7. The summed E-state index contributed by atoms with van der Waals surface area (Å²) < 4.78 is 2.37. The van der Waals surface area contributed by atoms with Crippen LogP contribution < -0.4 is 0 Å². The molecule has 30 valence electrons. The summed E-state index contributed by atoms with van der Waals surface area (Å²) in [6.45, 7) is 0. The molecule has 0 aromatic rings. The third kappa shape index (κ3) is 1.54. The molecule has 0 amide bonds. The Balaban J connectivity index is 2.77. The molecule has 0 radical (unpaired) electrons. The fourth-order valence-corrected chi connectivity index (χ4v) is 5.96. The van der Waals surface area contributed by atoms with E-state index in [0.29, 0.717) is 11.7 Å². The first-order valence-corrected chi connectivity index (χ1v) is 11.0. The topological polar surface area (TPSA) is 0 Å². The third-order valence-corrected chi connectivity index (χ3v) is 8.11. The van der Waals surface area contributed by atoms with Gasteiger partial charge in [-0.05, 0) is 0 Å². The molecular formula is C4H4AsSb. The molecule has 1 aliphatic rings. The zero-order valence-corrected chi connectivity index (χ0v) is 7.63. The van der Waals surface area contributed by atoms with Crippen LogP contribution in [0.5, 0.6) is 0 Å². The first kappa shape index (κ1) is 5.00. The van der Waals surface area contributed by atoms with Gasteiger partial charge in [0.15, 0.2) is 0 Å². The molecule has 0 N–H and O–H groups in total. The number of rotatable bonds is 0. The van der Waals surface area contributed by atoms with Gasteiger partial charge in [0, 0.05) is 0 Å². The Morgan fingerprint density at radius 1 is 1.33 bits per heavy atom. The van der Waals surface area contributed by atoms with E-state index in [1.165, 1.54) is 0 Å².